The number of hydrogen-bond acceptors (Lipinski definition) is 21. The zero-order valence-corrected chi connectivity index (χ0v) is 39.9. The molecule has 0 amide bonds. The molecule has 7 atom stereocenters. The van der Waals surface area contributed by atoms with Gasteiger partial charge in [-0.05, 0) is 100 Å². The fraction of sp³-hybridized carbons (Fsp3) is 0.185. The number of rotatable bonds is 18. The van der Waals surface area contributed by atoms with Crippen LogP contribution in [0.3, 0.4) is 0 Å². The zero-order chi connectivity index (χ0) is 56.4. The van der Waals surface area contributed by atoms with Crippen molar-refractivity contribution in [2.75, 3.05) is 0 Å². The number of fused-ring (bicyclic) bond motifs is 2. The number of phenolic OH excluding ortho intramolecular Hbond substituents is 10. The van der Waals surface area contributed by atoms with Crippen molar-refractivity contribution in [3.63, 3.8) is 0 Å². The molecule has 2 aliphatic heterocycles. The van der Waals surface area contributed by atoms with Gasteiger partial charge < -0.3 is 90.1 Å². The molecular weight excluding hydrogens is 1030 g/mol. The maximum Gasteiger partial charge on any atom is 0.345 e. The van der Waals surface area contributed by atoms with Crippen LogP contribution in [0.5, 0.6) is 69.0 Å². The molecule has 404 valence electrons. The van der Waals surface area contributed by atoms with Gasteiger partial charge in [0.15, 0.2) is 69.0 Å². The predicted molar refractivity (Wildman–Crippen MR) is 260 cm³/mol. The molecule has 0 saturated heterocycles. The molecule has 0 radical (unpaired) electrons. The van der Waals surface area contributed by atoms with Crippen molar-refractivity contribution in [2.45, 2.75) is 61.6 Å². The summed E-state index contributed by atoms with van der Waals surface area (Å²) in [5.41, 5.74) is -0.481. The smallest absolute Gasteiger partial charge is 0.345 e. The van der Waals surface area contributed by atoms with Crippen LogP contribution in [0.1, 0.15) is 68.6 Å². The largest absolute Gasteiger partial charge is 0.504 e. The summed E-state index contributed by atoms with van der Waals surface area (Å²) < 4.78 is 28.4. The number of carbonyl (C=O) groups is 6. The lowest BCUT2D eigenvalue weighted by Crippen LogP contribution is -2.33. The van der Waals surface area contributed by atoms with E-state index in [-0.39, 0.29) is 50.3 Å². The summed E-state index contributed by atoms with van der Waals surface area (Å²) in [6, 6.07) is 17.9. The molecule has 24 nitrogen and oxygen atoms in total. The van der Waals surface area contributed by atoms with Crippen molar-refractivity contribution in [1.82, 2.24) is 0 Å². The van der Waals surface area contributed by atoms with E-state index in [9.17, 15) is 95.2 Å². The third kappa shape index (κ3) is 11.1. The Labute approximate surface area is 437 Å². The molecule has 0 spiro atoms. The Morgan fingerprint density at radius 3 is 1.26 bits per heavy atom. The van der Waals surface area contributed by atoms with Gasteiger partial charge in [-0.25, -0.2) is 19.2 Å². The van der Waals surface area contributed by atoms with Crippen molar-refractivity contribution in [3.8, 4) is 69.0 Å². The van der Waals surface area contributed by atoms with E-state index in [0.717, 1.165) is 78.9 Å². The summed E-state index contributed by atoms with van der Waals surface area (Å²) in [7, 11) is 0. The lowest BCUT2D eigenvalue weighted by Gasteiger charge is -2.23. The Bertz CT molecular complexity index is 3440. The fourth-order valence-corrected chi connectivity index (χ4v) is 8.92. The summed E-state index contributed by atoms with van der Waals surface area (Å²) >= 11 is 0. The second-order valence-electron chi connectivity index (χ2n) is 17.8. The van der Waals surface area contributed by atoms with Crippen molar-refractivity contribution in [1.29, 1.82) is 0 Å². The number of aliphatic carboxylic acids is 3. The molecule has 0 aliphatic carbocycles. The monoisotopic (exact) mass is 1080 g/mol. The fourth-order valence-electron chi connectivity index (χ4n) is 8.92. The Morgan fingerprint density at radius 1 is 0.436 bits per heavy atom. The molecule has 0 unspecified atom stereocenters. The zero-order valence-electron chi connectivity index (χ0n) is 39.9. The van der Waals surface area contributed by atoms with E-state index in [0.29, 0.717) is 0 Å². The normalized spacial score (nSPS) is 17.3. The minimum atomic E-state index is -2.12. The first-order chi connectivity index (χ1) is 37.0. The van der Waals surface area contributed by atoms with Gasteiger partial charge in [0.05, 0.1) is 0 Å². The summed E-state index contributed by atoms with van der Waals surface area (Å²) in [5, 5.41) is 133. The number of ether oxygens (including phenoxy) is 5. The number of carboxylic acid groups (broad SMARTS) is 3. The minimum absolute atomic E-state index is 0.00269. The van der Waals surface area contributed by atoms with Gasteiger partial charge in [-0.3, -0.25) is 9.59 Å². The second kappa shape index (κ2) is 21.7. The number of hydrogen-bond donors (Lipinski definition) is 13. The van der Waals surface area contributed by atoms with Crippen LogP contribution < -0.4 is 9.47 Å². The first-order valence-electron chi connectivity index (χ1n) is 23.1. The topological polar surface area (TPSA) is 412 Å². The number of benzene rings is 6. The first kappa shape index (κ1) is 53.8. The molecule has 0 aromatic heterocycles. The Hall–Kier alpha value is -10.5. The van der Waals surface area contributed by atoms with Crippen LogP contribution in [0, 0.1) is 0 Å². The highest BCUT2D eigenvalue weighted by atomic mass is 16.6. The lowest BCUT2D eigenvalue weighted by atomic mass is 9.86. The highest BCUT2D eigenvalue weighted by molar-refractivity contribution is 5.92. The molecule has 0 fully saturated rings. The van der Waals surface area contributed by atoms with Gasteiger partial charge in [0.25, 0.3) is 0 Å². The Kier molecular flexibility index (Phi) is 15.0. The molecular formula is C54H44O24. The summed E-state index contributed by atoms with van der Waals surface area (Å²) in [6.07, 6.45) is -9.22. The summed E-state index contributed by atoms with van der Waals surface area (Å²) in [5.74, 6) is -19.2. The number of carbonyl (C=O) groups excluding carboxylic acids is 3. The van der Waals surface area contributed by atoms with E-state index in [1.807, 2.05) is 0 Å². The van der Waals surface area contributed by atoms with E-state index in [1.165, 1.54) is 30.3 Å². The molecule has 2 heterocycles. The van der Waals surface area contributed by atoms with Crippen LogP contribution in [-0.4, -0.2) is 121 Å². The van der Waals surface area contributed by atoms with E-state index in [2.05, 4.69) is 0 Å². The van der Waals surface area contributed by atoms with Crippen molar-refractivity contribution < 1.29 is 119 Å². The van der Waals surface area contributed by atoms with E-state index in [1.54, 1.807) is 0 Å². The second-order valence-corrected chi connectivity index (χ2v) is 17.8. The Morgan fingerprint density at radius 2 is 0.821 bits per heavy atom. The molecule has 6 aromatic carbocycles. The number of aromatic hydroxyl groups is 10. The average molecular weight is 1080 g/mol. The van der Waals surface area contributed by atoms with Crippen LogP contribution >= 0.6 is 0 Å². The minimum Gasteiger partial charge on any atom is -0.504 e. The van der Waals surface area contributed by atoms with Gasteiger partial charge in [0, 0.05) is 36.5 Å². The van der Waals surface area contributed by atoms with Crippen LogP contribution in [0.15, 0.2) is 103 Å². The Balaban J connectivity index is 1.10. The van der Waals surface area contributed by atoms with E-state index >= 15 is 0 Å². The third-order valence-corrected chi connectivity index (χ3v) is 12.7. The van der Waals surface area contributed by atoms with Gasteiger partial charge in [0.1, 0.15) is 24.0 Å². The van der Waals surface area contributed by atoms with Gasteiger partial charge >= 0.3 is 35.8 Å². The molecule has 6 aromatic rings. The van der Waals surface area contributed by atoms with Crippen LogP contribution in [0.4, 0.5) is 0 Å². The molecule has 0 bridgehead atoms. The molecule has 78 heavy (non-hydrogen) atoms. The average Bonchev–Trinajstić information content (AvgIpc) is 4.13. The van der Waals surface area contributed by atoms with Gasteiger partial charge in [0.2, 0.25) is 18.3 Å². The van der Waals surface area contributed by atoms with E-state index in [4.69, 9.17) is 23.7 Å². The number of esters is 3. The standard InChI is InChI=1S/C54H44O24/c55-28-8-1-22(15-34(28)61)17-38(50(66)67)75-53(72)44-42-24(3-12-32(59)48(42)77-46(44)26-5-10-30(57)36(63)19-26)7-14-41(65)74-40(52(70)71)21-25-4-13-33(60)49-43(25)45(47(78-49)27-6-11-31(58)37(64)20-27)54(73)76-39(51(68)69)18-23-2-9-29(56)35(62)16-23/h1-16,19-20,38-40,44-47,55-64H,17-18,21H2,(H,66,67)(H,68,69)(H,70,71)/t38-,39-,40+,44+,45+,46-,47-/m0/s1. The highest BCUT2D eigenvalue weighted by Crippen LogP contribution is 2.55. The molecule has 13 N–H and O–H groups in total. The van der Waals surface area contributed by atoms with Crippen molar-refractivity contribution >= 4 is 41.9 Å². The summed E-state index contributed by atoms with van der Waals surface area (Å²) in [6.45, 7) is 0. The molecule has 8 rings (SSSR count). The third-order valence-electron chi connectivity index (χ3n) is 12.7. The van der Waals surface area contributed by atoms with Crippen LogP contribution in [0.25, 0.3) is 6.08 Å². The van der Waals surface area contributed by atoms with Gasteiger partial charge in [-0.15, -0.1) is 0 Å². The quantitative estimate of drug-likeness (QED) is 0.0235. The molecule has 2 aliphatic rings. The molecule has 0 saturated carbocycles. The van der Waals surface area contributed by atoms with Crippen molar-refractivity contribution in [2.24, 2.45) is 0 Å². The van der Waals surface area contributed by atoms with Gasteiger partial charge in [-0.1, -0.05) is 36.4 Å². The maximum atomic E-state index is 14.3. The predicted octanol–water partition coefficient (Wildman–Crippen LogP) is 4.91. The summed E-state index contributed by atoms with van der Waals surface area (Å²) in [4.78, 5) is 80.1. The molecule has 24 heteroatoms. The highest BCUT2D eigenvalue weighted by Gasteiger charge is 2.48. The van der Waals surface area contributed by atoms with Gasteiger partial charge in [-0.2, -0.15) is 0 Å². The number of phenols is 10. The number of carboxylic acids is 3. The maximum absolute atomic E-state index is 14.3. The first-order valence-corrected chi connectivity index (χ1v) is 23.1. The SMILES string of the molecule is O=C(C=Cc1ccc(O)c2c1[C@@H](C(=O)O[C@@H](Cc1ccc(O)c(O)c1)C(=O)O)[C@H](c1ccc(O)c(O)c1)O2)O[C@H](Cc1ccc(O)c2c1[C@@H](C(=O)O[C@@H](Cc1ccc(O)c(O)c1)C(=O)O)[C@H](c1ccc(O)c(O)c1)O2)C(=O)O. The van der Waals surface area contributed by atoms with Crippen LogP contribution in [0.2, 0.25) is 0 Å². The van der Waals surface area contributed by atoms with E-state index < -0.39 is 161 Å². The van der Waals surface area contributed by atoms with Crippen molar-refractivity contribution in [3.05, 3.63) is 148 Å². The lowest BCUT2D eigenvalue weighted by molar-refractivity contribution is -0.166. The van der Waals surface area contributed by atoms with Crippen LogP contribution in [-0.2, 0) is 62.2 Å².